The summed E-state index contributed by atoms with van der Waals surface area (Å²) in [4.78, 5) is 12.5. The fourth-order valence-corrected chi connectivity index (χ4v) is 2.62. The molecule has 2 aromatic rings. The van der Waals surface area contributed by atoms with Crippen molar-refractivity contribution in [2.75, 3.05) is 11.9 Å². The van der Waals surface area contributed by atoms with Crippen LogP contribution in [0.2, 0.25) is 0 Å². The highest BCUT2D eigenvalue weighted by Gasteiger charge is 2.09. The van der Waals surface area contributed by atoms with Crippen LogP contribution in [0.3, 0.4) is 0 Å². The van der Waals surface area contributed by atoms with E-state index in [1.165, 1.54) is 4.88 Å². The van der Waals surface area contributed by atoms with E-state index in [2.05, 4.69) is 51.5 Å². The van der Waals surface area contributed by atoms with Crippen molar-refractivity contribution in [1.29, 1.82) is 0 Å². The van der Waals surface area contributed by atoms with Gasteiger partial charge >= 0.3 is 0 Å². The molecule has 108 valence electrons. The van der Waals surface area contributed by atoms with Gasteiger partial charge in [0.1, 0.15) is 0 Å². The summed E-state index contributed by atoms with van der Waals surface area (Å²) in [5.41, 5.74) is 2.20. The first-order valence-electron chi connectivity index (χ1n) is 6.85. The first-order valence-corrected chi connectivity index (χ1v) is 7.73. The van der Waals surface area contributed by atoms with Crippen LogP contribution in [0.25, 0.3) is 0 Å². The summed E-state index contributed by atoms with van der Waals surface area (Å²) in [5, 5.41) is 5.49. The Morgan fingerprint density at radius 1 is 1.40 bits per heavy atom. The van der Waals surface area contributed by atoms with Gasteiger partial charge in [-0.2, -0.15) is 0 Å². The molecule has 2 heterocycles. The number of thiophene rings is 1. The monoisotopic (exact) mass is 290 g/mol. The normalized spacial score (nSPS) is 11.1. The SMILES string of the molecule is Cc1nc(N(C)Cc2cccs2)ncc1CNC(C)C. The molecule has 0 saturated carbocycles. The Bertz CT molecular complexity index is 537. The van der Waals surface area contributed by atoms with Crippen LogP contribution in [0, 0.1) is 6.92 Å². The summed E-state index contributed by atoms with van der Waals surface area (Å²) < 4.78 is 0. The molecule has 0 spiro atoms. The minimum atomic E-state index is 0.468. The number of hydrogen-bond acceptors (Lipinski definition) is 5. The minimum absolute atomic E-state index is 0.468. The summed E-state index contributed by atoms with van der Waals surface area (Å²) in [6.45, 7) is 7.99. The zero-order valence-corrected chi connectivity index (χ0v) is 13.4. The lowest BCUT2D eigenvalue weighted by Crippen LogP contribution is -2.23. The number of nitrogens with zero attached hydrogens (tertiary/aromatic N) is 3. The van der Waals surface area contributed by atoms with Gasteiger partial charge in [0.2, 0.25) is 5.95 Å². The third-order valence-electron chi connectivity index (χ3n) is 3.08. The van der Waals surface area contributed by atoms with Crippen molar-refractivity contribution in [2.24, 2.45) is 0 Å². The summed E-state index contributed by atoms with van der Waals surface area (Å²) in [6.07, 6.45) is 1.93. The highest BCUT2D eigenvalue weighted by Crippen LogP contribution is 2.15. The molecule has 0 fully saturated rings. The Kier molecular flexibility index (Phi) is 5.09. The van der Waals surface area contributed by atoms with Crippen LogP contribution in [-0.2, 0) is 13.1 Å². The lowest BCUT2D eigenvalue weighted by atomic mass is 10.2. The molecule has 0 unspecified atom stereocenters. The van der Waals surface area contributed by atoms with Crippen LogP contribution in [0.5, 0.6) is 0 Å². The van der Waals surface area contributed by atoms with E-state index in [9.17, 15) is 0 Å². The van der Waals surface area contributed by atoms with Crippen molar-refractivity contribution in [3.05, 3.63) is 39.8 Å². The molecule has 0 bridgehead atoms. The topological polar surface area (TPSA) is 41.1 Å². The Balaban J connectivity index is 2.04. The average Bonchev–Trinajstić information content (AvgIpc) is 2.89. The molecule has 0 aromatic carbocycles. The molecule has 0 aliphatic carbocycles. The van der Waals surface area contributed by atoms with Crippen LogP contribution in [-0.4, -0.2) is 23.1 Å². The van der Waals surface area contributed by atoms with Gasteiger partial charge in [0.05, 0.1) is 6.54 Å². The van der Waals surface area contributed by atoms with E-state index in [-0.39, 0.29) is 0 Å². The van der Waals surface area contributed by atoms with Crippen molar-refractivity contribution in [1.82, 2.24) is 15.3 Å². The van der Waals surface area contributed by atoms with Gasteiger partial charge in [-0.3, -0.25) is 0 Å². The second-order valence-electron chi connectivity index (χ2n) is 5.25. The molecule has 0 aliphatic rings. The maximum absolute atomic E-state index is 4.61. The van der Waals surface area contributed by atoms with Crippen LogP contribution < -0.4 is 10.2 Å². The zero-order chi connectivity index (χ0) is 14.5. The van der Waals surface area contributed by atoms with Crippen LogP contribution >= 0.6 is 11.3 Å². The molecule has 0 aliphatic heterocycles. The van der Waals surface area contributed by atoms with Gasteiger partial charge in [-0.25, -0.2) is 9.97 Å². The van der Waals surface area contributed by atoms with Crippen LogP contribution in [0.1, 0.15) is 30.0 Å². The predicted octanol–water partition coefficient (Wildman–Crippen LogP) is 2.98. The Labute approximate surface area is 124 Å². The average molecular weight is 290 g/mol. The molecule has 2 rings (SSSR count). The van der Waals surface area contributed by atoms with Crippen molar-refractivity contribution in [3.63, 3.8) is 0 Å². The molecular weight excluding hydrogens is 268 g/mol. The van der Waals surface area contributed by atoms with Gasteiger partial charge in [-0.05, 0) is 18.4 Å². The Morgan fingerprint density at radius 3 is 2.80 bits per heavy atom. The fourth-order valence-electron chi connectivity index (χ4n) is 1.86. The van der Waals surface area contributed by atoms with Gasteiger partial charge in [0.25, 0.3) is 0 Å². The lowest BCUT2D eigenvalue weighted by Gasteiger charge is -2.17. The minimum Gasteiger partial charge on any atom is -0.339 e. The van der Waals surface area contributed by atoms with E-state index >= 15 is 0 Å². The van der Waals surface area contributed by atoms with Crippen molar-refractivity contribution >= 4 is 17.3 Å². The predicted molar refractivity (Wildman–Crippen MR) is 85.2 cm³/mol. The second-order valence-corrected chi connectivity index (χ2v) is 6.28. The molecule has 4 nitrogen and oxygen atoms in total. The molecule has 0 radical (unpaired) electrons. The first kappa shape index (κ1) is 14.9. The van der Waals surface area contributed by atoms with E-state index in [4.69, 9.17) is 0 Å². The summed E-state index contributed by atoms with van der Waals surface area (Å²) >= 11 is 1.76. The van der Waals surface area contributed by atoms with Crippen molar-refractivity contribution in [2.45, 2.75) is 39.9 Å². The van der Waals surface area contributed by atoms with Gasteiger partial charge < -0.3 is 10.2 Å². The standard InChI is InChI=1S/C15H22N4S/c1-11(2)16-8-13-9-17-15(18-12(13)3)19(4)10-14-6-5-7-20-14/h5-7,9,11,16H,8,10H2,1-4H3. The number of aryl methyl sites for hydroxylation is 1. The number of anilines is 1. The van der Waals surface area contributed by atoms with Crippen LogP contribution in [0.15, 0.2) is 23.7 Å². The Morgan fingerprint density at radius 2 is 2.20 bits per heavy atom. The molecule has 1 N–H and O–H groups in total. The van der Waals surface area contributed by atoms with Crippen molar-refractivity contribution < 1.29 is 0 Å². The fraction of sp³-hybridized carbons (Fsp3) is 0.467. The van der Waals surface area contributed by atoms with E-state index in [0.717, 1.165) is 30.3 Å². The maximum Gasteiger partial charge on any atom is 0.225 e. The third-order valence-corrected chi connectivity index (χ3v) is 3.94. The Hall–Kier alpha value is -1.46. The molecule has 20 heavy (non-hydrogen) atoms. The summed E-state index contributed by atoms with van der Waals surface area (Å²) in [5.74, 6) is 0.782. The first-order chi connectivity index (χ1) is 9.56. The van der Waals surface area contributed by atoms with E-state index in [1.54, 1.807) is 11.3 Å². The largest absolute Gasteiger partial charge is 0.339 e. The third kappa shape index (κ3) is 4.02. The van der Waals surface area contributed by atoms with Gasteiger partial charge in [-0.1, -0.05) is 19.9 Å². The highest BCUT2D eigenvalue weighted by molar-refractivity contribution is 7.09. The van der Waals surface area contributed by atoms with Gasteiger partial charge in [-0.15, -0.1) is 11.3 Å². The van der Waals surface area contributed by atoms with E-state index in [0.29, 0.717) is 6.04 Å². The van der Waals surface area contributed by atoms with Crippen LogP contribution in [0.4, 0.5) is 5.95 Å². The highest BCUT2D eigenvalue weighted by atomic mass is 32.1. The summed E-state index contributed by atoms with van der Waals surface area (Å²) in [6, 6.07) is 4.67. The van der Waals surface area contributed by atoms with E-state index in [1.807, 2.05) is 20.2 Å². The van der Waals surface area contributed by atoms with E-state index < -0.39 is 0 Å². The molecule has 5 heteroatoms. The van der Waals surface area contributed by atoms with Gasteiger partial charge in [0.15, 0.2) is 0 Å². The second kappa shape index (κ2) is 6.81. The molecule has 2 aromatic heterocycles. The molecule has 0 atom stereocenters. The number of rotatable bonds is 6. The quantitative estimate of drug-likeness (QED) is 0.888. The zero-order valence-electron chi connectivity index (χ0n) is 12.6. The molecule has 0 amide bonds. The number of aromatic nitrogens is 2. The van der Waals surface area contributed by atoms with Crippen molar-refractivity contribution in [3.8, 4) is 0 Å². The smallest absolute Gasteiger partial charge is 0.225 e. The number of hydrogen-bond donors (Lipinski definition) is 1. The molecular formula is C15H22N4S. The van der Waals surface area contributed by atoms with Gasteiger partial charge in [0, 0.05) is 42.0 Å². The maximum atomic E-state index is 4.61. The summed E-state index contributed by atoms with van der Waals surface area (Å²) in [7, 11) is 2.03. The molecule has 0 saturated heterocycles. The lowest BCUT2D eigenvalue weighted by molar-refractivity contribution is 0.584. The number of nitrogens with one attached hydrogen (secondary N) is 1.